The van der Waals surface area contributed by atoms with Gasteiger partial charge in [0.25, 0.3) is 0 Å². The molecular weight excluding hydrogens is 300 g/mol. The third-order valence-corrected chi connectivity index (χ3v) is 4.40. The van der Waals surface area contributed by atoms with E-state index in [1.54, 1.807) is 12.3 Å². The average molecular weight is 315 g/mol. The zero-order chi connectivity index (χ0) is 12.8. The first kappa shape index (κ1) is 14.2. The molecule has 0 saturated heterocycles. The van der Waals surface area contributed by atoms with E-state index in [9.17, 15) is 4.21 Å². The Hall–Kier alpha value is -0.860. The van der Waals surface area contributed by atoms with Gasteiger partial charge in [-0.2, -0.15) is 5.26 Å². The van der Waals surface area contributed by atoms with Gasteiger partial charge in [-0.25, -0.2) is 0 Å². The van der Waals surface area contributed by atoms with Crippen LogP contribution in [-0.4, -0.2) is 22.3 Å². The second-order valence-corrected chi connectivity index (χ2v) is 6.54. The minimum absolute atomic E-state index is 0.170. The van der Waals surface area contributed by atoms with Crippen molar-refractivity contribution in [2.45, 2.75) is 18.6 Å². The molecule has 2 unspecified atom stereocenters. The number of halogens is 1. The maximum atomic E-state index is 11.2. The molecule has 17 heavy (non-hydrogen) atoms. The second-order valence-electron chi connectivity index (χ2n) is 3.83. The first-order valence-electron chi connectivity index (χ1n) is 5.30. The zero-order valence-electron chi connectivity index (χ0n) is 9.87. The molecule has 2 atom stereocenters. The Labute approximate surface area is 113 Å². The van der Waals surface area contributed by atoms with E-state index in [0.29, 0.717) is 5.56 Å². The molecule has 0 aliphatic carbocycles. The fourth-order valence-electron chi connectivity index (χ4n) is 1.34. The van der Waals surface area contributed by atoms with Gasteiger partial charge in [-0.05, 0) is 24.6 Å². The molecule has 0 radical (unpaired) electrons. The smallest absolute Gasteiger partial charge is 0.101 e. The third kappa shape index (κ3) is 4.49. The number of nitriles is 1. The van der Waals surface area contributed by atoms with Crippen LogP contribution >= 0.6 is 15.9 Å². The van der Waals surface area contributed by atoms with E-state index in [4.69, 9.17) is 5.26 Å². The summed E-state index contributed by atoms with van der Waals surface area (Å²) < 4.78 is 12.1. The van der Waals surface area contributed by atoms with Crippen LogP contribution < -0.4 is 5.32 Å². The van der Waals surface area contributed by atoms with Gasteiger partial charge in [0, 0.05) is 33.3 Å². The predicted octanol–water partition coefficient (Wildman–Crippen LogP) is 2.89. The lowest BCUT2D eigenvalue weighted by atomic mass is 10.2. The van der Waals surface area contributed by atoms with Crippen LogP contribution in [0.3, 0.4) is 0 Å². The quantitative estimate of drug-likeness (QED) is 0.909. The third-order valence-electron chi connectivity index (χ3n) is 2.54. The highest BCUT2D eigenvalue weighted by molar-refractivity contribution is 9.10. The SMILES string of the molecule is CC(CCNc1ccc(Br)cc1C#N)S(C)=O. The molecule has 1 aromatic rings. The van der Waals surface area contributed by atoms with Crippen LogP contribution in [0.5, 0.6) is 0 Å². The normalized spacial score (nSPS) is 13.8. The van der Waals surface area contributed by atoms with E-state index in [2.05, 4.69) is 27.3 Å². The van der Waals surface area contributed by atoms with E-state index in [1.165, 1.54) is 0 Å². The van der Waals surface area contributed by atoms with Gasteiger partial charge in [-0.1, -0.05) is 22.9 Å². The maximum absolute atomic E-state index is 11.2. The van der Waals surface area contributed by atoms with Crippen molar-refractivity contribution >= 4 is 32.4 Å². The van der Waals surface area contributed by atoms with Crippen molar-refractivity contribution in [2.75, 3.05) is 18.1 Å². The molecule has 0 aromatic heterocycles. The number of nitrogens with zero attached hydrogens (tertiary/aromatic N) is 1. The van der Waals surface area contributed by atoms with Gasteiger partial charge in [0.2, 0.25) is 0 Å². The number of rotatable bonds is 5. The summed E-state index contributed by atoms with van der Waals surface area (Å²) in [4.78, 5) is 0. The predicted molar refractivity (Wildman–Crippen MR) is 75.5 cm³/mol. The molecule has 0 heterocycles. The Bertz CT molecular complexity index is 456. The van der Waals surface area contributed by atoms with Gasteiger partial charge in [0.1, 0.15) is 6.07 Å². The van der Waals surface area contributed by atoms with Crippen LogP contribution in [0.4, 0.5) is 5.69 Å². The van der Waals surface area contributed by atoms with Crippen molar-refractivity contribution < 1.29 is 4.21 Å². The summed E-state index contributed by atoms with van der Waals surface area (Å²) in [6.45, 7) is 2.68. The van der Waals surface area contributed by atoms with Gasteiger partial charge in [0.05, 0.1) is 11.3 Å². The standard InChI is InChI=1S/C12H15BrN2OS/c1-9(17(2)16)5-6-15-12-4-3-11(13)7-10(12)8-14/h3-4,7,9,15H,5-6H2,1-2H3. The van der Waals surface area contributed by atoms with Gasteiger partial charge < -0.3 is 5.32 Å². The molecule has 0 bridgehead atoms. The highest BCUT2D eigenvalue weighted by Crippen LogP contribution is 2.20. The average Bonchev–Trinajstić information content (AvgIpc) is 2.30. The Morgan fingerprint density at radius 2 is 2.29 bits per heavy atom. The Morgan fingerprint density at radius 1 is 1.59 bits per heavy atom. The molecule has 0 fully saturated rings. The maximum Gasteiger partial charge on any atom is 0.101 e. The van der Waals surface area contributed by atoms with Crippen LogP contribution in [-0.2, 0) is 10.8 Å². The molecule has 92 valence electrons. The lowest BCUT2D eigenvalue weighted by Crippen LogP contribution is -2.15. The fourth-order valence-corrected chi connectivity index (χ4v) is 2.15. The van der Waals surface area contributed by atoms with Gasteiger partial charge in [-0.3, -0.25) is 4.21 Å². The molecule has 0 aliphatic rings. The summed E-state index contributed by atoms with van der Waals surface area (Å²) in [7, 11) is -0.792. The molecule has 1 N–H and O–H groups in total. The van der Waals surface area contributed by atoms with Crippen molar-refractivity contribution in [3.8, 4) is 6.07 Å². The van der Waals surface area contributed by atoms with Crippen molar-refractivity contribution in [3.05, 3.63) is 28.2 Å². The fraction of sp³-hybridized carbons (Fsp3) is 0.417. The minimum atomic E-state index is -0.792. The van der Waals surface area contributed by atoms with Crippen LogP contribution in [0.15, 0.2) is 22.7 Å². The number of hydrogen-bond acceptors (Lipinski definition) is 3. The zero-order valence-corrected chi connectivity index (χ0v) is 12.3. The summed E-state index contributed by atoms with van der Waals surface area (Å²) in [5.74, 6) is 0. The van der Waals surface area contributed by atoms with E-state index >= 15 is 0 Å². The van der Waals surface area contributed by atoms with Gasteiger partial charge >= 0.3 is 0 Å². The monoisotopic (exact) mass is 314 g/mol. The Morgan fingerprint density at radius 3 is 2.88 bits per heavy atom. The second kappa shape index (κ2) is 6.77. The van der Waals surface area contributed by atoms with Crippen LogP contribution in [0, 0.1) is 11.3 Å². The molecule has 1 aromatic carbocycles. The molecule has 3 nitrogen and oxygen atoms in total. The van der Waals surface area contributed by atoms with Crippen LogP contribution in [0.1, 0.15) is 18.9 Å². The van der Waals surface area contributed by atoms with Crippen LogP contribution in [0.2, 0.25) is 0 Å². The lowest BCUT2D eigenvalue weighted by Gasteiger charge is -2.11. The number of benzene rings is 1. The highest BCUT2D eigenvalue weighted by Gasteiger charge is 2.06. The van der Waals surface area contributed by atoms with Gasteiger partial charge in [0.15, 0.2) is 0 Å². The topological polar surface area (TPSA) is 52.9 Å². The Balaban J connectivity index is 2.58. The summed E-state index contributed by atoms with van der Waals surface area (Å²) in [5, 5.41) is 12.3. The van der Waals surface area contributed by atoms with Crippen molar-refractivity contribution in [1.82, 2.24) is 0 Å². The van der Waals surface area contributed by atoms with E-state index in [0.717, 1.165) is 23.1 Å². The van der Waals surface area contributed by atoms with E-state index in [1.807, 2.05) is 19.1 Å². The number of nitrogens with one attached hydrogen (secondary N) is 1. The summed E-state index contributed by atoms with van der Waals surface area (Å²) in [5.41, 5.74) is 1.44. The highest BCUT2D eigenvalue weighted by atomic mass is 79.9. The molecule has 1 rings (SSSR count). The Kier molecular flexibility index (Phi) is 5.66. The molecule has 5 heteroatoms. The number of hydrogen-bond donors (Lipinski definition) is 1. The van der Waals surface area contributed by atoms with Crippen molar-refractivity contribution in [1.29, 1.82) is 5.26 Å². The van der Waals surface area contributed by atoms with Crippen LogP contribution in [0.25, 0.3) is 0 Å². The van der Waals surface area contributed by atoms with Crippen molar-refractivity contribution in [3.63, 3.8) is 0 Å². The summed E-state index contributed by atoms with van der Waals surface area (Å²) in [6.07, 6.45) is 2.54. The largest absolute Gasteiger partial charge is 0.384 e. The first-order chi connectivity index (χ1) is 8.04. The summed E-state index contributed by atoms with van der Waals surface area (Å²) in [6, 6.07) is 7.69. The van der Waals surface area contributed by atoms with Crippen molar-refractivity contribution in [2.24, 2.45) is 0 Å². The van der Waals surface area contributed by atoms with Gasteiger partial charge in [-0.15, -0.1) is 0 Å². The molecular formula is C12H15BrN2OS. The summed E-state index contributed by atoms with van der Waals surface area (Å²) >= 11 is 3.33. The number of anilines is 1. The molecule has 0 saturated carbocycles. The molecule has 0 amide bonds. The molecule has 0 aliphatic heterocycles. The van der Waals surface area contributed by atoms with E-state index in [-0.39, 0.29) is 5.25 Å². The minimum Gasteiger partial charge on any atom is -0.384 e. The lowest BCUT2D eigenvalue weighted by molar-refractivity contribution is 0.672. The first-order valence-corrected chi connectivity index (χ1v) is 7.71. The van der Waals surface area contributed by atoms with E-state index < -0.39 is 10.8 Å². The molecule has 0 spiro atoms.